The highest BCUT2D eigenvalue weighted by Crippen LogP contribution is 2.27. The average Bonchev–Trinajstić information content (AvgIpc) is 2.38. The molecule has 0 spiro atoms. The second kappa shape index (κ2) is 7.47. The van der Waals surface area contributed by atoms with Crippen LogP contribution in [0, 0.1) is 0 Å². The Morgan fingerprint density at radius 2 is 1.79 bits per heavy atom. The summed E-state index contributed by atoms with van der Waals surface area (Å²) in [6.45, 7) is 6.38. The van der Waals surface area contributed by atoms with Crippen molar-refractivity contribution in [3.05, 3.63) is 32.6 Å². The van der Waals surface area contributed by atoms with Gasteiger partial charge >= 0.3 is 11.9 Å². The molecule has 0 aliphatic rings. The highest BCUT2D eigenvalue weighted by atomic mass is 28.3. The first-order valence-electron chi connectivity index (χ1n) is 7.32. The number of alkyl halides is 3. The molecule has 0 atom stereocenters. The van der Waals surface area contributed by atoms with Crippen molar-refractivity contribution in [3.8, 4) is 0 Å². The Morgan fingerprint density at radius 1 is 1.21 bits per heavy atom. The predicted molar refractivity (Wildman–Crippen MR) is 84.8 cm³/mol. The van der Waals surface area contributed by atoms with Gasteiger partial charge in [-0.1, -0.05) is 19.6 Å². The van der Waals surface area contributed by atoms with E-state index in [0.29, 0.717) is 15.2 Å². The van der Waals surface area contributed by atoms with Gasteiger partial charge in [0, 0.05) is 20.7 Å². The number of hydrogen-bond acceptors (Lipinski definition) is 4. The van der Waals surface area contributed by atoms with Crippen molar-refractivity contribution in [2.45, 2.75) is 52.1 Å². The summed E-state index contributed by atoms with van der Waals surface area (Å²) >= 11 is 0. The zero-order valence-electron chi connectivity index (χ0n) is 14.1. The molecule has 1 aromatic heterocycles. The van der Waals surface area contributed by atoms with Crippen molar-refractivity contribution < 1.29 is 22.7 Å². The van der Waals surface area contributed by atoms with E-state index in [1.54, 1.807) is 0 Å². The maximum Gasteiger partial charge on any atom is 0.431 e. The van der Waals surface area contributed by atoms with E-state index in [2.05, 4.69) is 19.6 Å². The molecule has 24 heavy (non-hydrogen) atoms. The molecule has 0 aliphatic heterocycles. The number of Topliss-reactive ketones (excluding diaryl/α,β-unsaturated/α-hetero) is 1. The molecule has 136 valence electrons. The minimum absolute atomic E-state index is 0.214. The number of hydrogen-bond donors (Lipinski definition) is 0. The van der Waals surface area contributed by atoms with E-state index in [1.165, 1.54) is 0 Å². The summed E-state index contributed by atoms with van der Waals surface area (Å²) in [6, 6.07) is 1.03. The van der Waals surface area contributed by atoms with E-state index in [1.807, 2.05) is 0 Å². The van der Waals surface area contributed by atoms with Gasteiger partial charge in [0.2, 0.25) is 0 Å². The van der Waals surface area contributed by atoms with Crippen LogP contribution in [-0.4, -0.2) is 29.6 Å². The summed E-state index contributed by atoms with van der Waals surface area (Å²) < 4.78 is 45.3. The Labute approximate surface area is 137 Å². The van der Waals surface area contributed by atoms with Gasteiger partial charge in [0.1, 0.15) is 18.2 Å². The smallest absolute Gasteiger partial charge is 0.361 e. The van der Waals surface area contributed by atoms with Crippen LogP contribution in [-0.2, 0) is 29.0 Å². The normalized spacial score (nSPS) is 12.5. The maximum absolute atomic E-state index is 13.1. The lowest BCUT2D eigenvalue weighted by Crippen LogP contribution is -2.44. The lowest BCUT2D eigenvalue weighted by molar-refractivity contribution is -0.147. The van der Waals surface area contributed by atoms with Crippen LogP contribution in [0.1, 0.15) is 12.6 Å². The molecule has 0 saturated carbocycles. The minimum atomic E-state index is -4.88. The van der Waals surface area contributed by atoms with Crippen LogP contribution in [0.5, 0.6) is 0 Å². The molecular weight excluding hydrogens is 345 g/mol. The Bertz CT molecular complexity index is 717. The fraction of sp³-hybridized carbons (Fsp3) is 0.643. The average molecular weight is 366 g/mol. The van der Waals surface area contributed by atoms with Crippen LogP contribution in [0.25, 0.3) is 0 Å². The minimum Gasteiger partial charge on any atom is -0.361 e. The van der Waals surface area contributed by atoms with Gasteiger partial charge in [-0.05, 0) is 13.0 Å². The van der Waals surface area contributed by atoms with Crippen molar-refractivity contribution in [1.29, 1.82) is 0 Å². The molecule has 1 rings (SSSR count). The van der Waals surface area contributed by atoms with Gasteiger partial charge < -0.3 is 4.74 Å². The molecule has 0 saturated heterocycles. The van der Waals surface area contributed by atoms with E-state index >= 15 is 0 Å². The molecular formula is C14H21F3N2O4Si. The zero-order valence-corrected chi connectivity index (χ0v) is 15.1. The second-order valence-electron chi connectivity index (χ2n) is 6.71. The molecule has 0 N–H and O–H groups in total. The molecule has 0 amide bonds. The van der Waals surface area contributed by atoms with Crippen LogP contribution in [0.3, 0.4) is 0 Å². The number of ketones is 1. The fourth-order valence-electron chi connectivity index (χ4n) is 1.88. The Morgan fingerprint density at radius 3 is 2.25 bits per heavy atom. The molecule has 0 unspecified atom stereocenters. The van der Waals surface area contributed by atoms with E-state index in [0.717, 1.165) is 13.0 Å². The number of carbonyl (C=O) groups is 1. The van der Waals surface area contributed by atoms with Crippen molar-refractivity contribution in [1.82, 2.24) is 9.13 Å². The van der Waals surface area contributed by atoms with Crippen LogP contribution in [0.15, 0.2) is 15.7 Å². The molecule has 0 aliphatic carbocycles. The SMILES string of the molecule is CC(=O)Cn1c(=O)cc(C(F)(F)F)n(COCC[Si](C)(C)C)c1=O. The summed E-state index contributed by atoms with van der Waals surface area (Å²) in [6.07, 6.45) is -4.88. The Balaban J connectivity index is 3.21. The molecule has 0 bridgehead atoms. The van der Waals surface area contributed by atoms with Crippen LogP contribution in [0.2, 0.25) is 25.7 Å². The number of halogens is 3. The van der Waals surface area contributed by atoms with Gasteiger partial charge in [0.15, 0.2) is 0 Å². The highest BCUT2D eigenvalue weighted by Gasteiger charge is 2.36. The first kappa shape index (κ1) is 20.4. The van der Waals surface area contributed by atoms with Crippen LogP contribution >= 0.6 is 0 Å². The molecule has 10 heteroatoms. The van der Waals surface area contributed by atoms with E-state index in [9.17, 15) is 27.6 Å². The second-order valence-corrected chi connectivity index (χ2v) is 12.3. The molecule has 6 nitrogen and oxygen atoms in total. The topological polar surface area (TPSA) is 70.3 Å². The standard InChI is InChI=1S/C14H21F3N2O4Si/c1-10(20)8-18-12(21)7-11(14(15,16)17)19(13(18)22)9-23-5-6-24(2,3)4/h7H,5-6,8-9H2,1-4H3. The fourth-order valence-corrected chi connectivity index (χ4v) is 2.63. The van der Waals surface area contributed by atoms with Gasteiger partial charge in [-0.15, -0.1) is 0 Å². The highest BCUT2D eigenvalue weighted by molar-refractivity contribution is 6.76. The van der Waals surface area contributed by atoms with E-state index in [-0.39, 0.29) is 6.61 Å². The molecule has 0 aromatic carbocycles. The van der Waals surface area contributed by atoms with Gasteiger partial charge in [-0.25, -0.2) is 4.79 Å². The third-order valence-electron chi connectivity index (χ3n) is 3.17. The third kappa shape index (κ3) is 5.75. The Hall–Kier alpha value is -1.68. The van der Waals surface area contributed by atoms with Gasteiger partial charge in [-0.2, -0.15) is 13.2 Å². The van der Waals surface area contributed by atoms with Gasteiger partial charge in [0.25, 0.3) is 5.56 Å². The van der Waals surface area contributed by atoms with E-state index in [4.69, 9.17) is 4.74 Å². The van der Waals surface area contributed by atoms with Gasteiger partial charge in [-0.3, -0.25) is 18.7 Å². The number of nitrogens with zero attached hydrogens (tertiary/aromatic N) is 2. The van der Waals surface area contributed by atoms with Crippen LogP contribution in [0.4, 0.5) is 13.2 Å². The van der Waals surface area contributed by atoms with Gasteiger partial charge in [0.05, 0.1) is 6.54 Å². The molecule has 0 fully saturated rings. The number of ether oxygens (including phenoxy) is 1. The monoisotopic (exact) mass is 366 g/mol. The largest absolute Gasteiger partial charge is 0.431 e. The van der Waals surface area contributed by atoms with Crippen molar-refractivity contribution in [2.75, 3.05) is 6.61 Å². The lowest BCUT2D eigenvalue weighted by Gasteiger charge is -2.19. The van der Waals surface area contributed by atoms with Crippen LogP contribution < -0.4 is 11.2 Å². The van der Waals surface area contributed by atoms with Crippen molar-refractivity contribution >= 4 is 13.9 Å². The first-order valence-corrected chi connectivity index (χ1v) is 11.0. The summed E-state index contributed by atoms with van der Waals surface area (Å²) in [5.74, 6) is -0.514. The summed E-state index contributed by atoms with van der Waals surface area (Å²) in [5.41, 5.74) is -3.76. The zero-order chi connectivity index (χ0) is 18.7. The molecule has 1 heterocycles. The third-order valence-corrected chi connectivity index (χ3v) is 4.87. The number of carbonyl (C=O) groups excluding carboxylic acids is 1. The summed E-state index contributed by atoms with van der Waals surface area (Å²) in [5, 5.41) is 0. The van der Waals surface area contributed by atoms with Crippen molar-refractivity contribution in [2.24, 2.45) is 0 Å². The van der Waals surface area contributed by atoms with E-state index < -0.39 is 50.3 Å². The number of aromatic nitrogens is 2. The molecule has 0 radical (unpaired) electrons. The predicted octanol–water partition coefficient (Wildman–Crippen LogP) is 1.93. The summed E-state index contributed by atoms with van der Waals surface area (Å²) in [4.78, 5) is 35.0. The lowest BCUT2D eigenvalue weighted by atomic mass is 10.3. The first-order chi connectivity index (χ1) is 10.8. The quantitative estimate of drug-likeness (QED) is 0.546. The summed E-state index contributed by atoms with van der Waals surface area (Å²) in [7, 11) is -1.44. The maximum atomic E-state index is 13.1. The molecule has 1 aromatic rings. The number of rotatable bonds is 7. The van der Waals surface area contributed by atoms with Crippen molar-refractivity contribution in [3.63, 3.8) is 0 Å². The Kier molecular flexibility index (Phi) is 6.34.